The summed E-state index contributed by atoms with van der Waals surface area (Å²) in [6.45, 7) is 3.12. The summed E-state index contributed by atoms with van der Waals surface area (Å²) in [5.74, 6) is -0.261. The number of nitrogens with one attached hydrogen (secondary N) is 2. The Labute approximate surface area is 104 Å². The van der Waals surface area contributed by atoms with E-state index in [1.165, 1.54) is 0 Å². The highest BCUT2D eigenvalue weighted by atomic mass is 16.1. The number of hydrogen-bond acceptors (Lipinski definition) is 4. The van der Waals surface area contributed by atoms with Crippen LogP contribution >= 0.6 is 0 Å². The molecule has 2 aromatic rings. The number of nitrogens with two attached hydrogens (primary N) is 1. The van der Waals surface area contributed by atoms with E-state index in [0.29, 0.717) is 18.8 Å². The average molecular weight is 248 g/mol. The SMILES string of the molecule is CCc1[nH]nc(C(=O)NCCn2ccnc2)c1N. The highest BCUT2D eigenvalue weighted by Gasteiger charge is 2.15. The Morgan fingerprint density at radius 3 is 3.06 bits per heavy atom. The van der Waals surface area contributed by atoms with Crippen molar-refractivity contribution in [2.75, 3.05) is 12.3 Å². The Bertz CT molecular complexity index is 516. The van der Waals surface area contributed by atoms with E-state index in [-0.39, 0.29) is 11.6 Å². The van der Waals surface area contributed by atoms with Crippen LogP contribution in [-0.4, -0.2) is 32.2 Å². The predicted octanol–water partition coefficient (Wildman–Crippen LogP) is 0.181. The van der Waals surface area contributed by atoms with Crippen LogP contribution in [0.3, 0.4) is 0 Å². The van der Waals surface area contributed by atoms with Gasteiger partial charge in [0.05, 0.1) is 17.7 Å². The van der Waals surface area contributed by atoms with Crippen molar-refractivity contribution >= 4 is 11.6 Å². The quantitative estimate of drug-likeness (QED) is 0.702. The lowest BCUT2D eigenvalue weighted by Crippen LogP contribution is -2.28. The molecule has 2 aromatic heterocycles. The summed E-state index contributed by atoms with van der Waals surface area (Å²) in [5.41, 5.74) is 7.29. The summed E-state index contributed by atoms with van der Waals surface area (Å²) in [5, 5.41) is 9.44. The van der Waals surface area contributed by atoms with Gasteiger partial charge in [-0.25, -0.2) is 4.98 Å². The van der Waals surface area contributed by atoms with Crippen molar-refractivity contribution in [2.45, 2.75) is 19.9 Å². The van der Waals surface area contributed by atoms with Crippen molar-refractivity contribution in [3.8, 4) is 0 Å². The largest absolute Gasteiger partial charge is 0.395 e. The molecule has 1 amide bonds. The Kier molecular flexibility index (Phi) is 3.61. The number of carbonyl (C=O) groups is 1. The summed E-state index contributed by atoms with van der Waals surface area (Å²) < 4.78 is 1.88. The third kappa shape index (κ3) is 2.50. The lowest BCUT2D eigenvalue weighted by molar-refractivity contribution is 0.0948. The maximum Gasteiger partial charge on any atom is 0.274 e. The van der Waals surface area contributed by atoms with E-state index in [4.69, 9.17) is 5.73 Å². The molecule has 0 bridgehead atoms. The van der Waals surface area contributed by atoms with Crippen LogP contribution in [-0.2, 0) is 13.0 Å². The van der Waals surface area contributed by atoms with Crippen LogP contribution in [0.2, 0.25) is 0 Å². The molecule has 0 aliphatic heterocycles. The monoisotopic (exact) mass is 248 g/mol. The fourth-order valence-electron chi connectivity index (χ4n) is 1.63. The number of aryl methyl sites for hydroxylation is 1. The van der Waals surface area contributed by atoms with E-state index in [0.717, 1.165) is 12.1 Å². The molecule has 7 nitrogen and oxygen atoms in total. The first-order chi connectivity index (χ1) is 8.72. The van der Waals surface area contributed by atoms with Gasteiger partial charge in [-0.2, -0.15) is 5.10 Å². The average Bonchev–Trinajstić information content (AvgIpc) is 2.98. The van der Waals surface area contributed by atoms with Gasteiger partial charge in [0.15, 0.2) is 5.69 Å². The number of aromatic amines is 1. The molecular weight excluding hydrogens is 232 g/mol. The molecular formula is C11H16N6O. The zero-order valence-corrected chi connectivity index (χ0v) is 10.2. The lowest BCUT2D eigenvalue weighted by atomic mass is 10.2. The van der Waals surface area contributed by atoms with Crippen LogP contribution in [0.5, 0.6) is 0 Å². The fourth-order valence-corrected chi connectivity index (χ4v) is 1.63. The first kappa shape index (κ1) is 12.2. The molecule has 2 rings (SSSR count). The highest BCUT2D eigenvalue weighted by molar-refractivity contribution is 5.97. The molecule has 0 aliphatic carbocycles. The van der Waals surface area contributed by atoms with E-state index in [9.17, 15) is 4.79 Å². The van der Waals surface area contributed by atoms with Crippen LogP contribution in [0.1, 0.15) is 23.1 Å². The third-order valence-corrected chi connectivity index (χ3v) is 2.67. The lowest BCUT2D eigenvalue weighted by Gasteiger charge is -2.04. The highest BCUT2D eigenvalue weighted by Crippen LogP contribution is 2.13. The van der Waals surface area contributed by atoms with Gasteiger partial charge in [-0.1, -0.05) is 6.92 Å². The van der Waals surface area contributed by atoms with Gasteiger partial charge in [-0.05, 0) is 6.42 Å². The third-order valence-electron chi connectivity index (χ3n) is 2.67. The summed E-state index contributed by atoms with van der Waals surface area (Å²) in [4.78, 5) is 15.7. The second-order valence-electron chi connectivity index (χ2n) is 3.87. The molecule has 4 N–H and O–H groups in total. The molecule has 0 aliphatic rings. The minimum absolute atomic E-state index is 0.261. The van der Waals surface area contributed by atoms with Crippen molar-refractivity contribution in [3.05, 3.63) is 30.1 Å². The smallest absolute Gasteiger partial charge is 0.274 e. The molecule has 2 heterocycles. The number of nitrogen functional groups attached to an aromatic ring is 1. The molecule has 0 saturated carbocycles. The minimum atomic E-state index is -0.261. The molecule has 7 heteroatoms. The van der Waals surface area contributed by atoms with Gasteiger partial charge in [0, 0.05) is 25.5 Å². The van der Waals surface area contributed by atoms with Crippen molar-refractivity contribution in [1.29, 1.82) is 0 Å². The number of hydrogen-bond donors (Lipinski definition) is 3. The second-order valence-corrected chi connectivity index (χ2v) is 3.87. The van der Waals surface area contributed by atoms with E-state index in [1.807, 2.05) is 17.7 Å². The van der Waals surface area contributed by atoms with Crippen LogP contribution in [0.4, 0.5) is 5.69 Å². The number of imidazole rings is 1. The van der Waals surface area contributed by atoms with E-state index < -0.39 is 0 Å². The molecule has 0 unspecified atom stereocenters. The van der Waals surface area contributed by atoms with Gasteiger partial charge in [0.25, 0.3) is 5.91 Å². The molecule has 0 aromatic carbocycles. The van der Waals surface area contributed by atoms with E-state index in [1.54, 1.807) is 12.5 Å². The van der Waals surface area contributed by atoms with E-state index in [2.05, 4.69) is 20.5 Å². The van der Waals surface area contributed by atoms with E-state index >= 15 is 0 Å². The number of H-pyrrole nitrogens is 1. The van der Waals surface area contributed by atoms with Crippen molar-refractivity contribution in [2.24, 2.45) is 0 Å². The van der Waals surface area contributed by atoms with Crippen LogP contribution in [0.15, 0.2) is 18.7 Å². The Balaban J connectivity index is 1.89. The number of aromatic nitrogens is 4. The van der Waals surface area contributed by atoms with Crippen molar-refractivity contribution < 1.29 is 4.79 Å². The number of nitrogens with zero attached hydrogens (tertiary/aromatic N) is 3. The summed E-state index contributed by atoms with van der Waals surface area (Å²) in [6, 6.07) is 0. The Hall–Kier alpha value is -2.31. The molecule has 18 heavy (non-hydrogen) atoms. The Morgan fingerprint density at radius 2 is 2.44 bits per heavy atom. The molecule has 0 saturated heterocycles. The fraction of sp³-hybridized carbons (Fsp3) is 0.364. The standard InChI is InChI=1S/C11H16N6O/c1-2-8-9(12)10(16-15-8)11(18)14-4-6-17-5-3-13-7-17/h3,5,7H,2,4,6,12H2,1H3,(H,14,18)(H,15,16). The van der Waals surface area contributed by atoms with Crippen LogP contribution < -0.4 is 11.1 Å². The van der Waals surface area contributed by atoms with Gasteiger partial charge in [0.2, 0.25) is 0 Å². The number of rotatable bonds is 5. The molecule has 0 radical (unpaired) electrons. The number of carbonyl (C=O) groups excluding carboxylic acids is 1. The molecule has 0 fully saturated rings. The minimum Gasteiger partial charge on any atom is -0.395 e. The molecule has 0 spiro atoms. The summed E-state index contributed by atoms with van der Waals surface area (Å²) in [6.07, 6.45) is 5.96. The normalized spacial score (nSPS) is 10.5. The zero-order valence-electron chi connectivity index (χ0n) is 10.2. The van der Waals surface area contributed by atoms with Crippen LogP contribution in [0, 0.1) is 0 Å². The van der Waals surface area contributed by atoms with Gasteiger partial charge in [-0.3, -0.25) is 9.89 Å². The molecule has 96 valence electrons. The zero-order chi connectivity index (χ0) is 13.0. The predicted molar refractivity (Wildman–Crippen MR) is 66.9 cm³/mol. The van der Waals surface area contributed by atoms with Crippen molar-refractivity contribution in [1.82, 2.24) is 25.1 Å². The molecule has 0 atom stereocenters. The number of amides is 1. The maximum absolute atomic E-state index is 11.8. The topological polar surface area (TPSA) is 102 Å². The summed E-state index contributed by atoms with van der Waals surface area (Å²) in [7, 11) is 0. The maximum atomic E-state index is 11.8. The van der Waals surface area contributed by atoms with Crippen LogP contribution in [0.25, 0.3) is 0 Å². The second kappa shape index (κ2) is 5.35. The van der Waals surface area contributed by atoms with Crippen molar-refractivity contribution in [3.63, 3.8) is 0 Å². The van der Waals surface area contributed by atoms with Gasteiger partial charge >= 0.3 is 0 Å². The first-order valence-corrected chi connectivity index (χ1v) is 5.79. The van der Waals surface area contributed by atoms with Gasteiger partial charge in [0.1, 0.15) is 0 Å². The first-order valence-electron chi connectivity index (χ1n) is 5.79. The van der Waals surface area contributed by atoms with Gasteiger partial charge in [-0.15, -0.1) is 0 Å². The summed E-state index contributed by atoms with van der Waals surface area (Å²) >= 11 is 0. The number of anilines is 1. The van der Waals surface area contributed by atoms with Gasteiger partial charge < -0.3 is 15.6 Å². The Morgan fingerprint density at radius 1 is 1.61 bits per heavy atom.